The molecule has 9 nitrogen and oxygen atoms in total. The van der Waals surface area contributed by atoms with Crippen LogP contribution in [0, 0.1) is 0 Å². The third-order valence-corrected chi connectivity index (χ3v) is 16.7. The average Bonchev–Trinajstić information content (AvgIpc) is 3.48. The van der Waals surface area contributed by atoms with E-state index in [9.17, 15) is 30.3 Å². The normalized spacial score (nSPS) is 18.7. The van der Waals surface area contributed by atoms with E-state index in [-0.39, 0.29) is 12.5 Å². The molecule has 466 valence electrons. The van der Waals surface area contributed by atoms with Crippen LogP contribution in [0.3, 0.4) is 0 Å². The minimum absolute atomic E-state index is 0.170. The fourth-order valence-electron chi connectivity index (χ4n) is 11.3. The maximum absolute atomic E-state index is 13.1. The van der Waals surface area contributed by atoms with Crippen molar-refractivity contribution in [2.24, 2.45) is 0 Å². The number of allylic oxidation sites excluding steroid dienone is 5. The van der Waals surface area contributed by atoms with Gasteiger partial charge >= 0.3 is 0 Å². The molecule has 0 radical (unpaired) electrons. The molecule has 79 heavy (non-hydrogen) atoms. The molecule has 7 atom stereocenters. The number of hydrogen-bond acceptors (Lipinski definition) is 8. The van der Waals surface area contributed by atoms with E-state index in [1.54, 1.807) is 6.08 Å². The first-order chi connectivity index (χ1) is 38.8. The zero-order valence-corrected chi connectivity index (χ0v) is 52.2. The lowest BCUT2D eigenvalue weighted by molar-refractivity contribution is -0.302. The van der Waals surface area contributed by atoms with Gasteiger partial charge in [0.2, 0.25) is 5.91 Å². The minimum atomic E-state index is -1.57. The number of amides is 1. The fraction of sp³-hybridized carbons (Fsp3) is 0.900. The molecule has 1 aliphatic heterocycles. The topological polar surface area (TPSA) is 149 Å². The highest BCUT2D eigenvalue weighted by Gasteiger charge is 2.44. The number of unbranched alkanes of at least 4 members (excludes halogenated alkanes) is 47. The first kappa shape index (κ1) is 75.4. The van der Waals surface area contributed by atoms with Crippen molar-refractivity contribution in [2.45, 2.75) is 391 Å². The highest BCUT2D eigenvalue weighted by molar-refractivity contribution is 5.76. The highest BCUT2D eigenvalue weighted by atomic mass is 16.7. The Morgan fingerprint density at radius 3 is 1.09 bits per heavy atom. The molecule has 0 saturated carbocycles. The van der Waals surface area contributed by atoms with Crippen LogP contribution in [0.4, 0.5) is 0 Å². The van der Waals surface area contributed by atoms with Crippen LogP contribution in [0.15, 0.2) is 36.5 Å². The molecule has 0 aliphatic carbocycles. The predicted octanol–water partition coefficient (Wildman–Crippen LogP) is 18.6. The summed E-state index contributed by atoms with van der Waals surface area (Å²) in [5.41, 5.74) is 0. The van der Waals surface area contributed by atoms with Crippen LogP contribution in [-0.4, -0.2) is 87.5 Å². The van der Waals surface area contributed by atoms with Gasteiger partial charge in [-0.3, -0.25) is 4.79 Å². The summed E-state index contributed by atoms with van der Waals surface area (Å²) in [5, 5.41) is 54.6. The van der Waals surface area contributed by atoms with Crippen LogP contribution in [0.1, 0.15) is 348 Å². The lowest BCUT2D eigenvalue weighted by Gasteiger charge is -2.40. The summed E-state index contributed by atoms with van der Waals surface area (Å²) in [6, 6.07) is -0.803. The zero-order chi connectivity index (χ0) is 57.2. The van der Waals surface area contributed by atoms with Crippen LogP contribution >= 0.6 is 0 Å². The van der Waals surface area contributed by atoms with E-state index < -0.39 is 49.5 Å². The summed E-state index contributed by atoms with van der Waals surface area (Å²) in [6.07, 6.45) is 72.6. The first-order valence-corrected chi connectivity index (χ1v) is 34.7. The summed E-state index contributed by atoms with van der Waals surface area (Å²) in [4.78, 5) is 13.1. The monoisotopic (exact) mass is 1120 g/mol. The van der Waals surface area contributed by atoms with Crippen LogP contribution in [0.25, 0.3) is 0 Å². The lowest BCUT2D eigenvalue weighted by atomic mass is 9.99. The third kappa shape index (κ3) is 48.5. The molecule has 1 fully saturated rings. The quantitative estimate of drug-likeness (QED) is 0.0261. The van der Waals surface area contributed by atoms with Crippen molar-refractivity contribution < 1.29 is 39.8 Å². The van der Waals surface area contributed by atoms with E-state index in [0.29, 0.717) is 6.42 Å². The van der Waals surface area contributed by atoms with Crippen molar-refractivity contribution in [3.05, 3.63) is 36.5 Å². The Morgan fingerprint density at radius 1 is 0.430 bits per heavy atom. The maximum Gasteiger partial charge on any atom is 0.220 e. The van der Waals surface area contributed by atoms with Gasteiger partial charge in [0.15, 0.2) is 6.29 Å². The lowest BCUT2D eigenvalue weighted by Crippen LogP contribution is -2.60. The molecule has 7 unspecified atom stereocenters. The standard InChI is InChI=1S/C70H133NO8/c1-3-5-7-9-11-13-15-17-19-21-22-23-24-25-26-27-28-29-30-31-32-33-34-35-36-37-38-39-40-41-42-44-46-48-50-52-54-56-58-60-66(74)71-63(62-78-70-69(77)68(76)67(75)65(61-72)79-70)64(73)59-57-55-53-51-49-47-45-43-20-18-16-14-12-10-8-6-4-2/h15,17,21-22,57,59,63-65,67-70,72-73,75-77H,3-14,16,18-20,23-56,58,60-62H2,1-2H3,(H,71,74)/b17-15-,22-21-,59-57+. The molecule has 1 saturated heterocycles. The van der Waals surface area contributed by atoms with Gasteiger partial charge in [0.25, 0.3) is 0 Å². The summed E-state index contributed by atoms with van der Waals surface area (Å²) < 4.78 is 11.3. The maximum atomic E-state index is 13.1. The van der Waals surface area contributed by atoms with Crippen molar-refractivity contribution >= 4 is 5.91 Å². The van der Waals surface area contributed by atoms with E-state index in [2.05, 4.69) is 43.5 Å². The number of aliphatic hydroxyl groups excluding tert-OH is 5. The summed E-state index contributed by atoms with van der Waals surface area (Å²) in [6.45, 7) is 3.81. The van der Waals surface area contributed by atoms with Gasteiger partial charge in [-0.05, 0) is 51.4 Å². The molecule has 1 aliphatic rings. The van der Waals surface area contributed by atoms with Gasteiger partial charge in [0, 0.05) is 6.42 Å². The molecule has 9 heteroatoms. The van der Waals surface area contributed by atoms with Crippen LogP contribution in [0.2, 0.25) is 0 Å². The Hall–Kier alpha value is -1.59. The number of carbonyl (C=O) groups is 1. The third-order valence-electron chi connectivity index (χ3n) is 16.7. The molecule has 0 bridgehead atoms. The second kappa shape index (κ2) is 59.6. The summed E-state index contributed by atoms with van der Waals surface area (Å²) in [7, 11) is 0. The number of aliphatic hydroxyl groups is 5. The SMILES string of the molecule is CCCCCCC/C=C\C/C=C\CCCCCCCCCCCCCCCCCCCCCCCCCCCCCC(=O)NC(COC1OC(CO)C(O)C(O)C1O)C(O)/C=C/CCCCCCCCCCCCCCCCC. The number of ether oxygens (including phenoxy) is 2. The molecular formula is C70H133NO8. The molecule has 1 rings (SSSR count). The molecule has 0 aromatic heterocycles. The largest absolute Gasteiger partial charge is 0.394 e. The number of rotatable bonds is 61. The molecule has 6 N–H and O–H groups in total. The Balaban J connectivity index is 2.04. The number of hydrogen-bond donors (Lipinski definition) is 6. The van der Waals surface area contributed by atoms with Gasteiger partial charge in [0.05, 0.1) is 25.4 Å². The second-order valence-corrected chi connectivity index (χ2v) is 24.3. The molecular weight excluding hydrogens is 983 g/mol. The van der Waals surface area contributed by atoms with Crippen molar-refractivity contribution in [2.75, 3.05) is 13.2 Å². The average molecular weight is 1120 g/mol. The molecule has 0 spiro atoms. The first-order valence-electron chi connectivity index (χ1n) is 34.7. The predicted molar refractivity (Wildman–Crippen MR) is 337 cm³/mol. The molecule has 1 heterocycles. The van der Waals surface area contributed by atoms with Crippen LogP contribution in [0.5, 0.6) is 0 Å². The highest BCUT2D eigenvalue weighted by Crippen LogP contribution is 2.23. The summed E-state index contributed by atoms with van der Waals surface area (Å²) >= 11 is 0. The van der Waals surface area contributed by atoms with E-state index in [1.807, 2.05) is 6.08 Å². The Bertz CT molecular complexity index is 1340. The fourth-order valence-corrected chi connectivity index (χ4v) is 11.3. The van der Waals surface area contributed by atoms with Gasteiger partial charge in [-0.2, -0.15) is 0 Å². The van der Waals surface area contributed by atoms with E-state index in [1.165, 1.54) is 283 Å². The number of carbonyl (C=O) groups excluding carboxylic acids is 1. The van der Waals surface area contributed by atoms with Crippen LogP contribution < -0.4 is 5.32 Å². The van der Waals surface area contributed by atoms with Gasteiger partial charge < -0.3 is 40.3 Å². The van der Waals surface area contributed by atoms with Gasteiger partial charge in [-0.25, -0.2) is 0 Å². The second-order valence-electron chi connectivity index (χ2n) is 24.3. The Labute approximate surface area is 489 Å². The van der Waals surface area contributed by atoms with Crippen molar-refractivity contribution in [3.63, 3.8) is 0 Å². The van der Waals surface area contributed by atoms with E-state index in [0.717, 1.165) is 44.9 Å². The summed E-state index contributed by atoms with van der Waals surface area (Å²) in [5.74, 6) is -0.170. The Kier molecular flexibility index (Phi) is 56.9. The minimum Gasteiger partial charge on any atom is -0.394 e. The van der Waals surface area contributed by atoms with Crippen molar-refractivity contribution in [1.29, 1.82) is 0 Å². The van der Waals surface area contributed by atoms with Crippen LogP contribution in [-0.2, 0) is 14.3 Å². The molecule has 1 amide bonds. The van der Waals surface area contributed by atoms with Crippen molar-refractivity contribution in [1.82, 2.24) is 5.32 Å². The van der Waals surface area contributed by atoms with Gasteiger partial charge in [-0.1, -0.05) is 326 Å². The molecule has 0 aromatic rings. The van der Waals surface area contributed by atoms with Gasteiger partial charge in [0.1, 0.15) is 24.4 Å². The zero-order valence-electron chi connectivity index (χ0n) is 52.2. The van der Waals surface area contributed by atoms with Crippen molar-refractivity contribution in [3.8, 4) is 0 Å². The van der Waals surface area contributed by atoms with Gasteiger partial charge in [-0.15, -0.1) is 0 Å². The Morgan fingerprint density at radius 2 is 0.747 bits per heavy atom. The number of nitrogens with one attached hydrogen (secondary N) is 1. The van der Waals surface area contributed by atoms with E-state index in [4.69, 9.17) is 9.47 Å². The molecule has 0 aromatic carbocycles. The smallest absolute Gasteiger partial charge is 0.220 e. The van der Waals surface area contributed by atoms with E-state index >= 15 is 0 Å².